The van der Waals surface area contributed by atoms with Gasteiger partial charge in [0.05, 0.1) is 0 Å². The quantitative estimate of drug-likeness (QED) is 0.136. The molecule has 0 aromatic rings. The molecule has 0 aliphatic heterocycles. The molecule has 0 fully saturated rings. The number of rotatable bonds is 0. The Balaban J connectivity index is -0.0000000369. The molecule has 100 valence electrons. The van der Waals surface area contributed by atoms with E-state index in [1.807, 2.05) is 0 Å². The van der Waals surface area contributed by atoms with Crippen LogP contribution in [0.4, 0.5) is 0 Å². The smallest absolute Gasteiger partial charge is 0.385 e. The molecule has 0 saturated heterocycles. The third-order valence-electron chi connectivity index (χ3n) is 0. The van der Waals surface area contributed by atoms with E-state index in [0.29, 0.717) is 0 Å². The molecule has 0 saturated carbocycles. The van der Waals surface area contributed by atoms with Gasteiger partial charge in [-0.15, -0.1) is 50.5 Å². The zero-order valence-corrected chi connectivity index (χ0v) is 17.3. The molecule has 0 aliphatic rings. The van der Waals surface area contributed by atoms with Crippen molar-refractivity contribution < 1.29 is 0 Å². The molecule has 0 aromatic heterocycles. The van der Waals surface area contributed by atoms with Crippen LogP contribution in [-0.4, -0.2) is 40.9 Å². The van der Waals surface area contributed by atoms with Crippen LogP contribution in [0.15, 0.2) is 0 Å². The predicted molar refractivity (Wildman–Crippen MR) is 109 cm³/mol. The van der Waals surface area contributed by atoms with Crippen molar-refractivity contribution in [2.45, 2.75) is 0 Å². The van der Waals surface area contributed by atoms with E-state index in [9.17, 15) is 0 Å². The molecule has 4 radical (unpaired) electrons. The van der Waals surface area contributed by atoms with Crippen LogP contribution in [0.3, 0.4) is 0 Å². The van der Waals surface area contributed by atoms with Gasteiger partial charge in [-0.1, -0.05) is 48.9 Å². The minimum absolute atomic E-state index is 0. The van der Waals surface area contributed by atoms with Gasteiger partial charge in [0, 0.05) is 0 Å². The number of nitrogens with two attached hydrogens (primary N) is 4. The summed E-state index contributed by atoms with van der Waals surface area (Å²) < 4.78 is 0.778. The van der Waals surface area contributed by atoms with E-state index in [0.717, 1.165) is 0 Å². The van der Waals surface area contributed by atoms with Gasteiger partial charge in [-0.05, 0) is 0 Å². The van der Waals surface area contributed by atoms with E-state index in [-0.39, 0.29) is 40.9 Å². The van der Waals surface area contributed by atoms with E-state index in [1.165, 1.54) is 0 Å². The first-order chi connectivity index (χ1) is 6.93. The van der Waals surface area contributed by atoms with Crippen LogP contribution >= 0.6 is 99.4 Å². The second-order valence-corrected chi connectivity index (χ2v) is 6.25. The van der Waals surface area contributed by atoms with Gasteiger partial charge in [0.2, 0.25) is 0 Å². The molecular formula is C4H12N4S8Te+2. The Labute approximate surface area is 161 Å². The Morgan fingerprint density at radius 2 is 0.529 bits per heavy atom. The molecule has 4 nitrogen and oxygen atoms in total. The van der Waals surface area contributed by atoms with Crippen LogP contribution in [-0.2, 0) is 0 Å². The molecule has 0 amide bonds. The Kier molecular flexibility index (Phi) is 48.4. The number of thiol groups is 4. The Hall–Kier alpha value is 1.75. The predicted octanol–water partition coefficient (Wildman–Crippen LogP) is 0.258. The molecule has 13 heteroatoms. The molecular weight excluding hydrogens is 488 g/mol. The van der Waals surface area contributed by atoms with E-state index in [4.69, 9.17) is 22.9 Å². The molecule has 0 bridgehead atoms. The van der Waals surface area contributed by atoms with Crippen molar-refractivity contribution in [3.8, 4) is 0 Å². The molecule has 0 atom stereocenters. The van der Waals surface area contributed by atoms with Gasteiger partial charge in [-0.2, -0.15) is 0 Å². The van der Waals surface area contributed by atoms with Gasteiger partial charge in [-0.25, -0.2) is 0 Å². The van der Waals surface area contributed by atoms with Crippen molar-refractivity contribution in [1.82, 2.24) is 0 Å². The van der Waals surface area contributed by atoms with E-state index < -0.39 is 0 Å². The number of hydrogen-bond donors (Lipinski definition) is 8. The van der Waals surface area contributed by atoms with Crippen molar-refractivity contribution in [2.24, 2.45) is 22.9 Å². The van der Waals surface area contributed by atoms with Crippen LogP contribution in [0.25, 0.3) is 0 Å². The van der Waals surface area contributed by atoms with Crippen molar-refractivity contribution in [3.05, 3.63) is 0 Å². The van der Waals surface area contributed by atoms with Gasteiger partial charge in [0.15, 0.2) is 0 Å². The standard InChI is InChI=1S/4CH3NS2.Te/c4*2-1(3)4;/h4*(H3,2,3,4);/q;;;;+2. The maximum Gasteiger partial charge on any atom is 2.00 e. The zero-order valence-electron chi connectivity index (χ0n) is 8.14. The molecule has 0 rings (SSSR count). The van der Waals surface area contributed by atoms with E-state index in [2.05, 4.69) is 99.4 Å². The Morgan fingerprint density at radius 3 is 0.529 bits per heavy atom. The Bertz CT molecular complexity index is 170. The third-order valence-corrected chi connectivity index (χ3v) is 0. The third kappa shape index (κ3) is 1440. The SMILES string of the molecule is NC(=S)S.NC(=S)S.NC(=S)S.NC(=S)S.[Te+2]. The first kappa shape index (κ1) is 31.2. The van der Waals surface area contributed by atoms with Crippen LogP contribution in [0.5, 0.6) is 0 Å². The molecule has 0 spiro atoms. The van der Waals surface area contributed by atoms with Crippen molar-refractivity contribution >= 4 is 140 Å². The molecule has 0 aliphatic carbocycles. The fourth-order valence-corrected chi connectivity index (χ4v) is 0. The van der Waals surface area contributed by atoms with Crippen molar-refractivity contribution in [3.63, 3.8) is 0 Å². The summed E-state index contributed by atoms with van der Waals surface area (Å²) in [4.78, 5) is 0. The van der Waals surface area contributed by atoms with Gasteiger partial charge >= 0.3 is 23.7 Å². The topological polar surface area (TPSA) is 104 Å². The van der Waals surface area contributed by atoms with Gasteiger partial charge in [0.1, 0.15) is 17.3 Å². The fourth-order valence-electron chi connectivity index (χ4n) is 0. The molecule has 8 N–H and O–H groups in total. The second kappa shape index (κ2) is 26.3. The van der Waals surface area contributed by atoms with Crippen LogP contribution in [0.1, 0.15) is 0 Å². The summed E-state index contributed by atoms with van der Waals surface area (Å²) in [5, 5.41) is 0. The van der Waals surface area contributed by atoms with Gasteiger partial charge in [0.25, 0.3) is 0 Å². The van der Waals surface area contributed by atoms with Crippen LogP contribution in [0, 0.1) is 0 Å². The minimum atomic E-state index is 0. The summed E-state index contributed by atoms with van der Waals surface area (Å²) in [7, 11) is 0. The summed E-state index contributed by atoms with van der Waals surface area (Å²) >= 11 is 30.6. The first-order valence-corrected chi connectivity index (χ1v) is 6.29. The number of hydrogen-bond acceptors (Lipinski definition) is 4. The van der Waals surface area contributed by atoms with E-state index >= 15 is 0 Å². The fraction of sp³-hybridized carbons (Fsp3) is 0. The molecule has 0 aromatic carbocycles. The Morgan fingerprint density at radius 1 is 0.529 bits per heavy atom. The maximum atomic E-state index is 4.71. The number of thiocarbonyl (C=S) groups is 4. The monoisotopic (exact) mass is 502 g/mol. The summed E-state index contributed by atoms with van der Waals surface area (Å²) in [6.07, 6.45) is 0. The normalized spacial score (nSPS) is 5.88. The van der Waals surface area contributed by atoms with Crippen LogP contribution < -0.4 is 22.9 Å². The largest absolute Gasteiger partial charge is 2.00 e. The molecule has 0 unspecified atom stereocenters. The maximum absolute atomic E-state index is 4.71. The average Bonchev–Trinajstić information content (AvgIpc) is 1.76. The summed E-state index contributed by atoms with van der Waals surface area (Å²) in [5.74, 6) is 0. The average molecular weight is 500 g/mol. The summed E-state index contributed by atoms with van der Waals surface area (Å²) in [6.45, 7) is 0. The van der Waals surface area contributed by atoms with Gasteiger partial charge in [-0.3, -0.25) is 0 Å². The minimum Gasteiger partial charge on any atom is -0.385 e. The summed E-state index contributed by atoms with van der Waals surface area (Å²) in [5.41, 5.74) is 18.8. The van der Waals surface area contributed by atoms with Crippen molar-refractivity contribution in [2.75, 3.05) is 0 Å². The van der Waals surface area contributed by atoms with Gasteiger partial charge < -0.3 is 22.9 Å². The second-order valence-electron chi connectivity index (χ2n) is 1.35. The molecule has 0 heterocycles. The zero-order chi connectivity index (χ0) is 14.3. The van der Waals surface area contributed by atoms with E-state index in [1.54, 1.807) is 0 Å². The first-order valence-electron chi connectivity index (χ1n) is 2.87. The van der Waals surface area contributed by atoms with Crippen molar-refractivity contribution in [1.29, 1.82) is 0 Å². The molecule has 17 heavy (non-hydrogen) atoms. The summed E-state index contributed by atoms with van der Waals surface area (Å²) in [6, 6.07) is 0. The van der Waals surface area contributed by atoms with Crippen LogP contribution in [0.2, 0.25) is 0 Å².